The van der Waals surface area contributed by atoms with Crippen molar-refractivity contribution in [1.82, 2.24) is 50.1 Å². The zero-order valence-electron chi connectivity index (χ0n) is 26.3. The number of ether oxygens (including phenoxy) is 1. The first-order chi connectivity index (χ1) is 20.9. The number of hydrogen-bond acceptors (Lipinski definition) is 16. The molecule has 2 saturated heterocycles. The molecular formula is C25H39N12NaO4S2. The largest absolute Gasteiger partial charge is 1.00 e. The Bertz CT molecular complexity index is 1380. The maximum absolute atomic E-state index is 11.4. The third-order valence-electron chi connectivity index (χ3n) is 6.47. The van der Waals surface area contributed by atoms with Gasteiger partial charge in [0.15, 0.2) is 21.7 Å². The number of carbonyl (C=O) groups excluding carboxylic acids is 1. The summed E-state index contributed by atoms with van der Waals surface area (Å²) in [5, 5.41) is 35.5. The fourth-order valence-electron chi connectivity index (χ4n) is 4.04. The fourth-order valence-corrected chi connectivity index (χ4v) is 5.74. The van der Waals surface area contributed by atoms with E-state index in [-0.39, 0.29) is 29.6 Å². The van der Waals surface area contributed by atoms with E-state index in [4.69, 9.17) is 10.2 Å². The SMILES string of the molecule is CO.COC(=O)c1cnc(-c2nnc(N3CCN(C)CC3)s2)[nH]1.C[O-].Cc1cnc(-c2nnc(N3CCN(C)CC3)s2)[nH]1.[Na+]. The van der Waals surface area contributed by atoms with Crippen LogP contribution in [0.15, 0.2) is 12.4 Å². The molecule has 4 aromatic heterocycles. The zero-order valence-corrected chi connectivity index (χ0v) is 29.9. The van der Waals surface area contributed by atoms with E-state index in [1.54, 1.807) is 11.3 Å². The van der Waals surface area contributed by atoms with Gasteiger partial charge in [-0.2, -0.15) is 7.11 Å². The molecule has 0 unspecified atom stereocenters. The van der Waals surface area contributed by atoms with Crippen LogP contribution in [0, 0.1) is 6.92 Å². The number of methoxy groups -OCH3 is 1. The van der Waals surface area contributed by atoms with Crippen molar-refractivity contribution < 1.29 is 49.3 Å². The van der Waals surface area contributed by atoms with Crippen molar-refractivity contribution in [2.24, 2.45) is 0 Å². The van der Waals surface area contributed by atoms with E-state index in [2.05, 4.69) is 78.8 Å². The van der Waals surface area contributed by atoms with E-state index in [0.717, 1.165) is 93.4 Å². The van der Waals surface area contributed by atoms with Crippen LogP contribution in [0.2, 0.25) is 0 Å². The van der Waals surface area contributed by atoms with E-state index < -0.39 is 5.97 Å². The van der Waals surface area contributed by atoms with E-state index in [9.17, 15) is 4.79 Å². The predicted octanol–water partition coefficient (Wildman–Crippen LogP) is -2.96. The number of nitrogens with zero attached hydrogens (tertiary/aromatic N) is 10. The van der Waals surface area contributed by atoms with Gasteiger partial charge in [-0.05, 0) is 21.0 Å². The molecule has 4 aromatic rings. The number of hydrogen-bond donors (Lipinski definition) is 3. The molecule has 2 aliphatic rings. The molecule has 6 heterocycles. The Morgan fingerprint density at radius 3 is 1.64 bits per heavy atom. The molecule has 16 nitrogen and oxygen atoms in total. The second kappa shape index (κ2) is 19.1. The number of aliphatic hydroxyl groups excluding tert-OH is 1. The van der Waals surface area contributed by atoms with E-state index in [0.29, 0.717) is 16.5 Å². The smallest absolute Gasteiger partial charge is 0.857 e. The van der Waals surface area contributed by atoms with Crippen LogP contribution in [0.3, 0.4) is 0 Å². The molecule has 0 radical (unpaired) electrons. The molecule has 236 valence electrons. The summed E-state index contributed by atoms with van der Waals surface area (Å²) in [6, 6.07) is 0. The molecule has 0 spiro atoms. The summed E-state index contributed by atoms with van der Waals surface area (Å²) in [4.78, 5) is 35.0. The summed E-state index contributed by atoms with van der Waals surface area (Å²) in [6.07, 6.45) is 3.25. The molecule has 2 fully saturated rings. The Hall–Kier alpha value is -2.55. The number of aromatic amines is 2. The summed E-state index contributed by atoms with van der Waals surface area (Å²) in [5.74, 6) is 0.899. The number of anilines is 2. The first-order valence-corrected chi connectivity index (χ1v) is 15.1. The number of esters is 1. The molecule has 0 atom stereocenters. The second-order valence-electron chi connectivity index (χ2n) is 9.41. The van der Waals surface area contributed by atoms with Crippen LogP contribution in [0.4, 0.5) is 10.3 Å². The van der Waals surface area contributed by atoms with Gasteiger partial charge in [-0.25, -0.2) is 14.8 Å². The predicted molar refractivity (Wildman–Crippen MR) is 165 cm³/mol. The van der Waals surface area contributed by atoms with Gasteiger partial charge >= 0.3 is 35.5 Å². The maximum Gasteiger partial charge on any atom is 1.00 e. The summed E-state index contributed by atoms with van der Waals surface area (Å²) < 4.78 is 4.64. The van der Waals surface area contributed by atoms with Gasteiger partial charge in [0.1, 0.15) is 5.69 Å². The van der Waals surface area contributed by atoms with E-state index >= 15 is 0 Å². The summed E-state index contributed by atoms with van der Waals surface area (Å²) >= 11 is 3.06. The molecule has 44 heavy (non-hydrogen) atoms. The molecule has 0 aromatic carbocycles. The van der Waals surface area contributed by atoms with Gasteiger partial charge in [0.05, 0.1) is 13.3 Å². The van der Waals surface area contributed by atoms with Crippen molar-refractivity contribution in [3.63, 3.8) is 0 Å². The first-order valence-electron chi connectivity index (χ1n) is 13.4. The molecule has 0 aliphatic carbocycles. The van der Waals surface area contributed by atoms with Crippen LogP contribution < -0.4 is 44.5 Å². The second-order valence-corrected chi connectivity index (χ2v) is 11.3. The average molecular weight is 659 g/mol. The van der Waals surface area contributed by atoms with Gasteiger partial charge in [0.25, 0.3) is 0 Å². The molecule has 0 saturated carbocycles. The maximum atomic E-state index is 11.4. The number of nitrogens with one attached hydrogen (secondary N) is 2. The summed E-state index contributed by atoms with van der Waals surface area (Å²) in [6.45, 7) is 10.1. The zero-order chi connectivity index (χ0) is 31.4. The van der Waals surface area contributed by atoms with Gasteiger partial charge in [-0.3, -0.25) is 0 Å². The molecule has 0 amide bonds. The number of rotatable bonds is 5. The molecule has 2 aliphatic heterocycles. The van der Waals surface area contributed by atoms with Crippen LogP contribution in [-0.2, 0) is 4.74 Å². The Balaban J connectivity index is 0.000000273. The minimum atomic E-state index is -0.447. The van der Waals surface area contributed by atoms with E-state index in [1.807, 2.05) is 13.1 Å². The van der Waals surface area contributed by atoms with Crippen LogP contribution >= 0.6 is 22.7 Å². The minimum Gasteiger partial charge on any atom is -0.857 e. The van der Waals surface area contributed by atoms with Gasteiger partial charge in [0, 0.05) is 71.4 Å². The Labute approximate surface area is 286 Å². The van der Waals surface area contributed by atoms with E-state index in [1.165, 1.54) is 24.6 Å². The number of carbonyl (C=O) groups is 1. The Kier molecular flexibility index (Phi) is 16.3. The van der Waals surface area contributed by atoms with Crippen LogP contribution in [0.5, 0.6) is 0 Å². The number of H-pyrrole nitrogens is 2. The van der Waals surface area contributed by atoms with Gasteiger partial charge in [-0.1, -0.05) is 22.7 Å². The third-order valence-corrected chi connectivity index (χ3v) is 8.45. The monoisotopic (exact) mass is 658 g/mol. The minimum absolute atomic E-state index is 0. The van der Waals surface area contributed by atoms with Crippen molar-refractivity contribution in [1.29, 1.82) is 0 Å². The molecule has 19 heteroatoms. The number of aromatic nitrogens is 8. The quantitative estimate of drug-likeness (QED) is 0.146. The van der Waals surface area contributed by atoms with Crippen molar-refractivity contribution in [3.8, 4) is 21.7 Å². The van der Waals surface area contributed by atoms with Gasteiger partial charge in [0.2, 0.25) is 10.3 Å². The van der Waals surface area contributed by atoms with Gasteiger partial charge in [-0.15, -0.1) is 20.4 Å². The van der Waals surface area contributed by atoms with Crippen LogP contribution in [-0.4, -0.2) is 149 Å². The average Bonchev–Trinajstić information content (AvgIpc) is 3.87. The van der Waals surface area contributed by atoms with Crippen molar-refractivity contribution in [2.75, 3.05) is 97.6 Å². The molecule has 0 bridgehead atoms. The number of imidazole rings is 2. The first kappa shape index (κ1) is 37.6. The fraction of sp³-hybridized carbons (Fsp3) is 0.560. The molecular weight excluding hydrogens is 619 g/mol. The van der Waals surface area contributed by atoms with Crippen molar-refractivity contribution >= 4 is 38.9 Å². The topological polar surface area (TPSA) is 191 Å². The molecule has 6 rings (SSSR count). The Morgan fingerprint density at radius 1 is 0.795 bits per heavy atom. The molecule has 3 N–H and O–H groups in total. The van der Waals surface area contributed by atoms with Crippen molar-refractivity contribution in [2.45, 2.75) is 6.92 Å². The normalized spacial score (nSPS) is 15.1. The van der Waals surface area contributed by atoms with Crippen molar-refractivity contribution in [3.05, 3.63) is 23.8 Å². The number of aliphatic hydroxyl groups is 1. The standard InChI is InChI=1S/C12H16N6O2S.C11H16N6S.CH4O.CH3O.Na/c1-17-3-5-18(6-4-17)12-16-15-10(21-12)9-13-7-8(14-9)11(19)20-2;1-8-7-12-9(13-8)10-14-15-11(18-10)17-5-3-16(2)4-6-17;2*1-2;/h7H,3-6H2,1-2H3,(H,13,14);7H,3-6H2,1-2H3,(H,12,13);2H,1H3;1H3;/q;;;-1;+1. The summed E-state index contributed by atoms with van der Waals surface area (Å²) in [5.41, 5.74) is 1.35. The van der Waals surface area contributed by atoms with Crippen LogP contribution in [0.25, 0.3) is 21.7 Å². The number of likely N-dealkylation sites (N-methyl/N-ethyl adjacent to an activating group) is 2. The third kappa shape index (κ3) is 10.2. The van der Waals surface area contributed by atoms with Crippen LogP contribution in [0.1, 0.15) is 16.2 Å². The van der Waals surface area contributed by atoms with Gasteiger partial charge < -0.3 is 44.5 Å². The number of aryl methyl sites for hydroxylation is 1. The number of piperazine rings is 2. The summed E-state index contributed by atoms with van der Waals surface area (Å²) in [7, 11) is 7.34. The Morgan fingerprint density at radius 2 is 1.23 bits per heavy atom.